The highest BCUT2D eigenvalue weighted by Crippen LogP contribution is 2.13. The SMILES string of the molecule is CCC(C)C(=O)Nc1ccc(CCC(=O)O)cc1. The second-order valence-corrected chi connectivity index (χ2v) is 4.39. The molecule has 0 aliphatic carbocycles. The number of amides is 1. The van der Waals surface area contributed by atoms with Crippen LogP contribution in [-0.4, -0.2) is 17.0 Å². The Balaban J connectivity index is 2.55. The van der Waals surface area contributed by atoms with E-state index in [4.69, 9.17) is 5.11 Å². The van der Waals surface area contributed by atoms with Crippen LogP contribution in [0.5, 0.6) is 0 Å². The van der Waals surface area contributed by atoms with Gasteiger partial charge < -0.3 is 10.4 Å². The lowest BCUT2D eigenvalue weighted by atomic mass is 10.1. The van der Waals surface area contributed by atoms with Gasteiger partial charge in [0.1, 0.15) is 0 Å². The average Bonchev–Trinajstić information content (AvgIpc) is 2.36. The summed E-state index contributed by atoms with van der Waals surface area (Å²) >= 11 is 0. The van der Waals surface area contributed by atoms with Crippen molar-refractivity contribution in [2.75, 3.05) is 5.32 Å². The fraction of sp³-hybridized carbons (Fsp3) is 0.429. The maximum atomic E-state index is 11.7. The van der Waals surface area contributed by atoms with Crippen LogP contribution < -0.4 is 5.32 Å². The van der Waals surface area contributed by atoms with Gasteiger partial charge in [0.2, 0.25) is 5.91 Å². The van der Waals surface area contributed by atoms with E-state index in [-0.39, 0.29) is 18.2 Å². The number of rotatable bonds is 6. The van der Waals surface area contributed by atoms with Crippen molar-refractivity contribution in [1.29, 1.82) is 0 Å². The largest absolute Gasteiger partial charge is 0.481 e. The van der Waals surface area contributed by atoms with Gasteiger partial charge in [-0.05, 0) is 30.5 Å². The Hall–Kier alpha value is -1.84. The highest BCUT2D eigenvalue weighted by atomic mass is 16.4. The Morgan fingerprint density at radius 1 is 1.28 bits per heavy atom. The molecule has 1 atom stereocenters. The summed E-state index contributed by atoms with van der Waals surface area (Å²) in [6.07, 6.45) is 1.44. The van der Waals surface area contributed by atoms with Gasteiger partial charge in [0.05, 0.1) is 0 Å². The van der Waals surface area contributed by atoms with Crippen molar-refractivity contribution in [2.45, 2.75) is 33.1 Å². The van der Waals surface area contributed by atoms with E-state index in [9.17, 15) is 9.59 Å². The van der Waals surface area contributed by atoms with Crippen LogP contribution in [0.15, 0.2) is 24.3 Å². The molecule has 98 valence electrons. The van der Waals surface area contributed by atoms with Gasteiger partial charge >= 0.3 is 5.97 Å². The molecule has 0 aliphatic heterocycles. The van der Waals surface area contributed by atoms with Crippen LogP contribution in [0, 0.1) is 5.92 Å². The monoisotopic (exact) mass is 249 g/mol. The number of carboxylic acids is 1. The molecule has 1 aromatic rings. The van der Waals surface area contributed by atoms with Gasteiger partial charge in [-0.15, -0.1) is 0 Å². The number of anilines is 1. The Bertz CT molecular complexity index is 412. The minimum atomic E-state index is -0.802. The second-order valence-electron chi connectivity index (χ2n) is 4.39. The smallest absolute Gasteiger partial charge is 0.303 e. The van der Waals surface area contributed by atoms with E-state index >= 15 is 0 Å². The fourth-order valence-corrected chi connectivity index (χ4v) is 1.46. The predicted molar refractivity (Wildman–Crippen MR) is 70.5 cm³/mol. The molecule has 0 fully saturated rings. The summed E-state index contributed by atoms with van der Waals surface area (Å²) in [4.78, 5) is 22.1. The van der Waals surface area contributed by atoms with Crippen molar-refractivity contribution in [3.8, 4) is 0 Å². The van der Waals surface area contributed by atoms with E-state index in [1.807, 2.05) is 26.0 Å². The maximum absolute atomic E-state index is 11.7. The number of aryl methyl sites for hydroxylation is 1. The highest BCUT2D eigenvalue weighted by Gasteiger charge is 2.10. The van der Waals surface area contributed by atoms with E-state index < -0.39 is 5.97 Å². The number of carboxylic acid groups (broad SMARTS) is 1. The molecule has 1 rings (SSSR count). The van der Waals surface area contributed by atoms with Gasteiger partial charge in [0, 0.05) is 18.0 Å². The summed E-state index contributed by atoms with van der Waals surface area (Å²) in [5.41, 5.74) is 1.71. The molecule has 0 bridgehead atoms. The van der Waals surface area contributed by atoms with Crippen LogP contribution in [0.25, 0.3) is 0 Å². The number of carbonyl (C=O) groups excluding carboxylic acids is 1. The van der Waals surface area contributed by atoms with Crippen molar-refractivity contribution < 1.29 is 14.7 Å². The van der Waals surface area contributed by atoms with Crippen molar-refractivity contribution in [2.24, 2.45) is 5.92 Å². The molecule has 1 aromatic carbocycles. The number of carbonyl (C=O) groups is 2. The van der Waals surface area contributed by atoms with E-state index in [0.717, 1.165) is 17.7 Å². The standard InChI is InChI=1S/C14H19NO3/c1-3-10(2)14(18)15-12-7-4-11(5-8-12)6-9-13(16)17/h4-5,7-8,10H,3,6,9H2,1-2H3,(H,15,18)(H,16,17). The zero-order chi connectivity index (χ0) is 13.5. The molecular formula is C14H19NO3. The minimum Gasteiger partial charge on any atom is -0.481 e. The van der Waals surface area contributed by atoms with Gasteiger partial charge in [-0.3, -0.25) is 9.59 Å². The molecule has 0 spiro atoms. The quantitative estimate of drug-likeness (QED) is 0.814. The topological polar surface area (TPSA) is 66.4 Å². The molecule has 18 heavy (non-hydrogen) atoms. The molecule has 0 radical (unpaired) electrons. The first kappa shape index (κ1) is 14.2. The molecule has 1 amide bonds. The molecule has 2 N–H and O–H groups in total. The maximum Gasteiger partial charge on any atom is 0.303 e. The molecule has 4 nitrogen and oxygen atoms in total. The number of hydrogen-bond donors (Lipinski definition) is 2. The predicted octanol–water partition coefficient (Wildman–Crippen LogP) is 2.69. The fourth-order valence-electron chi connectivity index (χ4n) is 1.46. The Labute approximate surface area is 107 Å². The third kappa shape index (κ3) is 4.57. The third-order valence-corrected chi connectivity index (χ3v) is 2.91. The first-order valence-electron chi connectivity index (χ1n) is 6.14. The van der Waals surface area contributed by atoms with Crippen molar-refractivity contribution >= 4 is 17.6 Å². The number of hydrogen-bond acceptors (Lipinski definition) is 2. The zero-order valence-electron chi connectivity index (χ0n) is 10.8. The lowest BCUT2D eigenvalue weighted by molar-refractivity contribution is -0.137. The zero-order valence-corrected chi connectivity index (χ0v) is 10.8. The van der Waals surface area contributed by atoms with Crippen LogP contribution in [0.1, 0.15) is 32.3 Å². The molecule has 0 saturated heterocycles. The van der Waals surface area contributed by atoms with E-state index in [2.05, 4.69) is 5.32 Å². The van der Waals surface area contributed by atoms with E-state index in [0.29, 0.717) is 6.42 Å². The van der Waals surface area contributed by atoms with E-state index in [1.54, 1.807) is 12.1 Å². The van der Waals surface area contributed by atoms with Gasteiger partial charge in [-0.1, -0.05) is 26.0 Å². The summed E-state index contributed by atoms with van der Waals surface area (Å²) in [5.74, 6) is -0.795. The van der Waals surface area contributed by atoms with Crippen molar-refractivity contribution in [3.63, 3.8) is 0 Å². The summed E-state index contributed by atoms with van der Waals surface area (Å²) in [6.45, 7) is 3.86. The van der Waals surface area contributed by atoms with Gasteiger partial charge in [0.25, 0.3) is 0 Å². The lowest BCUT2D eigenvalue weighted by Crippen LogP contribution is -2.19. The third-order valence-electron chi connectivity index (χ3n) is 2.91. The number of benzene rings is 1. The number of aliphatic carboxylic acids is 1. The molecule has 0 saturated carbocycles. The Morgan fingerprint density at radius 2 is 1.89 bits per heavy atom. The molecular weight excluding hydrogens is 230 g/mol. The molecule has 0 heterocycles. The van der Waals surface area contributed by atoms with Crippen LogP contribution in [-0.2, 0) is 16.0 Å². The lowest BCUT2D eigenvalue weighted by Gasteiger charge is -2.10. The van der Waals surface area contributed by atoms with Gasteiger partial charge in [-0.2, -0.15) is 0 Å². The van der Waals surface area contributed by atoms with Crippen molar-refractivity contribution in [3.05, 3.63) is 29.8 Å². The molecule has 4 heteroatoms. The van der Waals surface area contributed by atoms with Crippen LogP contribution in [0.3, 0.4) is 0 Å². The molecule has 1 unspecified atom stereocenters. The summed E-state index contributed by atoms with van der Waals surface area (Å²) in [6, 6.07) is 7.29. The summed E-state index contributed by atoms with van der Waals surface area (Å²) in [7, 11) is 0. The second kappa shape index (κ2) is 6.79. The van der Waals surface area contributed by atoms with E-state index in [1.165, 1.54) is 0 Å². The Kier molecular flexibility index (Phi) is 5.36. The first-order chi connectivity index (χ1) is 8.52. The van der Waals surface area contributed by atoms with Crippen LogP contribution in [0.2, 0.25) is 0 Å². The minimum absolute atomic E-state index is 0.00307. The van der Waals surface area contributed by atoms with Crippen LogP contribution in [0.4, 0.5) is 5.69 Å². The van der Waals surface area contributed by atoms with Gasteiger partial charge in [0.15, 0.2) is 0 Å². The number of nitrogens with one attached hydrogen (secondary N) is 1. The molecule has 0 aliphatic rings. The molecule has 0 aromatic heterocycles. The highest BCUT2D eigenvalue weighted by molar-refractivity contribution is 5.92. The normalized spacial score (nSPS) is 11.9. The van der Waals surface area contributed by atoms with Crippen LogP contribution >= 0.6 is 0 Å². The first-order valence-corrected chi connectivity index (χ1v) is 6.14. The Morgan fingerprint density at radius 3 is 2.39 bits per heavy atom. The summed E-state index contributed by atoms with van der Waals surface area (Å²) < 4.78 is 0. The summed E-state index contributed by atoms with van der Waals surface area (Å²) in [5, 5.41) is 11.4. The van der Waals surface area contributed by atoms with Gasteiger partial charge in [-0.25, -0.2) is 0 Å². The van der Waals surface area contributed by atoms with Crippen molar-refractivity contribution in [1.82, 2.24) is 0 Å². The average molecular weight is 249 g/mol.